The van der Waals surface area contributed by atoms with Gasteiger partial charge in [0.1, 0.15) is 15.9 Å². The van der Waals surface area contributed by atoms with Crippen molar-refractivity contribution >= 4 is 39.5 Å². The number of carbonyl (C=O) groups excluding carboxylic acids is 1. The van der Waals surface area contributed by atoms with Crippen LogP contribution in [0.3, 0.4) is 0 Å². The first-order chi connectivity index (χ1) is 14.2. The Morgan fingerprint density at radius 1 is 1.40 bits per heavy atom. The number of nitrogens with zero attached hydrogens (tertiary/aromatic N) is 2. The van der Waals surface area contributed by atoms with Crippen LogP contribution in [0.15, 0.2) is 30.7 Å². The number of amidine groups is 1. The summed E-state index contributed by atoms with van der Waals surface area (Å²) in [4.78, 5) is 20.6. The largest absolute Gasteiger partial charge is 0.494 e. The van der Waals surface area contributed by atoms with E-state index in [2.05, 4.69) is 27.1 Å². The third-order valence-electron chi connectivity index (χ3n) is 4.03. The second-order valence-corrected chi connectivity index (χ2v) is 7.54. The number of halogens is 3. The molecule has 11 heteroatoms. The Balaban J connectivity index is 1.73. The number of rotatable bonds is 3. The molecule has 0 aromatic carbocycles. The number of alkyl halides is 2. The molecule has 1 aliphatic rings. The van der Waals surface area contributed by atoms with Crippen LogP contribution in [-0.2, 0) is 0 Å². The third kappa shape index (κ3) is 5.11. The van der Waals surface area contributed by atoms with E-state index in [-0.39, 0.29) is 27.3 Å². The lowest BCUT2D eigenvalue weighted by Gasteiger charge is -2.12. The normalized spacial score (nSPS) is 16.1. The van der Waals surface area contributed by atoms with Crippen molar-refractivity contribution in [3.05, 3.63) is 41.4 Å². The molecule has 7 nitrogen and oxygen atoms in total. The van der Waals surface area contributed by atoms with Gasteiger partial charge in [-0.3, -0.25) is 20.6 Å². The Hall–Kier alpha value is -3.03. The molecular weight excluding hydrogens is 436 g/mol. The summed E-state index contributed by atoms with van der Waals surface area (Å²) in [7, 11) is 1.45. The summed E-state index contributed by atoms with van der Waals surface area (Å²) in [6, 6.07) is 2.98. The lowest BCUT2D eigenvalue weighted by Crippen LogP contribution is -2.28. The summed E-state index contributed by atoms with van der Waals surface area (Å²) in [5, 5.41) is 17.4. The predicted octanol–water partition coefficient (Wildman–Crippen LogP) is 3.84. The van der Waals surface area contributed by atoms with Crippen LogP contribution in [0.2, 0.25) is 5.15 Å². The number of pyridine rings is 2. The number of hydrogen-bond acceptors (Lipinski definition) is 7. The van der Waals surface area contributed by atoms with Crippen LogP contribution in [0.4, 0.5) is 8.78 Å². The maximum Gasteiger partial charge on any atom is 0.263 e. The average molecular weight is 450 g/mol. The molecule has 1 aliphatic carbocycles. The van der Waals surface area contributed by atoms with E-state index in [1.807, 2.05) is 0 Å². The summed E-state index contributed by atoms with van der Waals surface area (Å²) >= 11 is 6.51. The fourth-order valence-corrected chi connectivity index (χ4v) is 3.06. The topological polar surface area (TPSA) is 112 Å². The Kier molecular flexibility index (Phi) is 6.34. The molecule has 0 spiro atoms. The van der Waals surface area contributed by atoms with E-state index in [1.165, 1.54) is 37.8 Å². The molecule has 2 heterocycles. The number of hydrogen-bond donors (Lipinski definition) is 3. The molecule has 1 unspecified atom stereocenters. The molecule has 3 rings (SSSR count). The van der Waals surface area contributed by atoms with Crippen LogP contribution in [0.25, 0.3) is 11.1 Å². The van der Waals surface area contributed by atoms with Gasteiger partial charge in [0.25, 0.3) is 11.8 Å². The number of nitrogens with one attached hydrogen (secondary N) is 3. The highest BCUT2D eigenvalue weighted by molar-refractivity contribution is 8.26. The van der Waals surface area contributed by atoms with Crippen LogP contribution >= 0.6 is 23.4 Å². The predicted molar refractivity (Wildman–Crippen MR) is 110 cm³/mol. The number of methoxy groups -OCH3 is 1. The van der Waals surface area contributed by atoms with Gasteiger partial charge in [0, 0.05) is 29.9 Å². The zero-order valence-corrected chi connectivity index (χ0v) is 17.0. The molecule has 3 N–H and O–H groups in total. The summed E-state index contributed by atoms with van der Waals surface area (Å²) in [6.07, 6.45) is 3.95. The standard InChI is InChI=1S/C19H14ClF2N5O2S/c1-29-14-9-26-15(20)6-12(14)13-8-25-5-4-11(13)17(28)27-18(24)30-16(23)3-2-10-7-19(10,21)22/h4-6,8-10,23H,7H2,1H3,(H2,24,27,28). The fourth-order valence-electron chi connectivity index (χ4n) is 2.44. The minimum Gasteiger partial charge on any atom is -0.494 e. The first-order valence-corrected chi connectivity index (χ1v) is 9.60. The molecule has 2 aromatic heterocycles. The van der Waals surface area contributed by atoms with E-state index in [0.717, 1.165) is 0 Å². The monoisotopic (exact) mass is 449 g/mol. The van der Waals surface area contributed by atoms with E-state index >= 15 is 0 Å². The second-order valence-electron chi connectivity index (χ2n) is 6.13. The maximum absolute atomic E-state index is 12.8. The third-order valence-corrected chi connectivity index (χ3v) is 4.85. The SMILES string of the molecule is COc1cnc(Cl)cc1-c1cnccc1C(=O)NC(=N)SC(=N)C#CC1CC1(F)F. The number of aromatic nitrogens is 2. The van der Waals surface area contributed by atoms with Gasteiger partial charge in [0.05, 0.1) is 24.8 Å². The molecule has 1 fully saturated rings. The van der Waals surface area contributed by atoms with Gasteiger partial charge in [-0.15, -0.1) is 0 Å². The molecule has 1 saturated carbocycles. The summed E-state index contributed by atoms with van der Waals surface area (Å²) in [6.45, 7) is 0. The molecule has 2 aromatic rings. The molecule has 0 aliphatic heterocycles. The lowest BCUT2D eigenvalue weighted by atomic mass is 10.0. The van der Waals surface area contributed by atoms with E-state index in [0.29, 0.717) is 28.6 Å². The Morgan fingerprint density at radius 3 is 2.80 bits per heavy atom. The minimum absolute atomic E-state index is 0.186. The van der Waals surface area contributed by atoms with Crippen molar-refractivity contribution in [1.82, 2.24) is 15.3 Å². The lowest BCUT2D eigenvalue weighted by molar-refractivity contribution is 0.0978. The molecule has 1 atom stereocenters. The van der Waals surface area contributed by atoms with Gasteiger partial charge < -0.3 is 10.1 Å². The molecule has 0 radical (unpaired) electrons. The van der Waals surface area contributed by atoms with E-state index in [9.17, 15) is 13.6 Å². The molecule has 154 valence electrons. The van der Waals surface area contributed by atoms with Crippen molar-refractivity contribution in [2.45, 2.75) is 12.3 Å². The fraction of sp³-hybridized carbons (Fsp3) is 0.211. The highest BCUT2D eigenvalue weighted by Crippen LogP contribution is 2.48. The number of ether oxygens (including phenoxy) is 1. The highest BCUT2D eigenvalue weighted by atomic mass is 35.5. The minimum atomic E-state index is -2.80. The van der Waals surface area contributed by atoms with Gasteiger partial charge >= 0.3 is 0 Å². The zero-order valence-electron chi connectivity index (χ0n) is 15.4. The molecule has 0 saturated heterocycles. The van der Waals surface area contributed by atoms with Gasteiger partial charge in [-0.25, -0.2) is 13.8 Å². The second kappa shape index (κ2) is 8.77. The van der Waals surface area contributed by atoms with Crippen LogP contribution in [0.5, 0.6) is 5.75 Å². The van der Waals surface area contributed by atoms with Gasteiger partial charge in [0.15, 0.2) is 5.17 Å². The van der Waals surface area contributed by atoms with Crippen molar-refractivity contribution in [2.24, 2.45) is 5.92 Å². The van der Waals surface area contributed by atoms with Crippen molar-refractivity contribution in [3.63, 3.8) is 0 Å². The van der Waals surface area contributed by atoms with Crippen molar-refractivity contribution in [1.29, 1.82) is 10.8 Å². The summed E-state index contributed by atoms with van der Waals surface area (Å²) in [5.74, 6) is 0.464. The Bertz CT molecular complexity index is 1100. The van der Waals surface area contributed by atoms with Gasteiger partial charge in [-0.05, 0) is 29.8 Å². The number of carbonyl (C=O) groups is 1. The summed E-state index contributed by atoms with van der Waals surface area (Å²) < 4.78 is 30.9. The van der Waals surface area contributed by atoms with Crippen molar-refractivity contribution in [3.8, 4) is 28.7 Å². The van der Waals surface area contributed by atoms with E-state index in [4.69, 9.17) is 27.2 Å². The Labute approximate surface area is 179 Å². The number of thioether (sulfide) groups is 1. The van der Waals surface area contributed by atoms with Crippen molar-refractivity contribution < 1.29 is 18.3 Å². The Morgan fingerprint density at radius 2 is 2.13 bits per heavy atom. The van der Waals surface area contributed by atoms with E-state index < -0.39 is 17.7 Å². The first-order valence-electron chi connectivity index (χ1n) is 8.41. The molecule has 0 bridgehead atoms. The zero-order chi connectivity index (χ0) is 21.9. The molecular formula is C19H14ClF2N5O2S. The van der Waals surface area contributed by atoms with Gasteiger partial charge in [-0.1, -0.05) is 17.5 Å². The molecule has 30 heavy (non-hydrogen) atoms. The number of amides is 1. The quantitative estimate of drug-likeness (QED) is 0.285. The van der Waals surface area contributed by atoms with Crippen LogP contribution in [0, 0.1) is 28.6 Å². The highest BCUT2D eigenvalue weighted by Gasteiger charge is 2.56. The maximum atomic E-state index is 12.8. The van der Waals surface area contributed by atoms with E-state index in [1.54, 1.807) is 0 Å². The average Bonchev–Trinajstić information content (AvgIpc) is 3.32. The van der Waals surface area contributed by atoms with Crippen LogP contribution in [0.1, 0.15) is 16.8 Å². The van der Waals surface area contributed by atoms with Gasteiger partial charge in [0.2, 0.25) is 0 Å². The van der Waals surface area contributed by atoms with Crippen LogP contribution in [-0.4, -0.2) is 39.1 Å². The molecule has 1 amide bonds. The summed E-state index contributed by atoms with van der Waals surface area (Å²) in [5.41, 5.74) is 1.07. The van der Waals surface area contributed by atoms with Crippen LogP contribution < -0.4 is 10.1 Å². The van der Waals surface area contributed by atoms with Gasteiger partial charge in [-0.2, -0.15) is 0 Å². The van der Waals surface area contributed by atoms with Crippen molar-refractivity contribution in [2.75, 3.05) is 7.11 Å². The first kappa shape index (κ1) is 21.7. The smallest absolute Gasteiger partial charge is 0.263 e.